The van der Waals surface area contributed by atoms with E-state index in [4.69, 9.17) is 14.2 Å². The Morgan fingerprint density at radius 2 is 1.94 bits per heavy atom. The molecule has 1 heterocycles. The van der Waals surface area contributed by atoms with Crippen LogP contribution < -0.4 is 10.1 Å². The van der Waals surface area contributed by atoms with Crippen LogP contribution in [0.1, 0.15) is 19.4 Å². The Morgan fingerprint density at radius 3 is 2.56 bits per heavy atom. The average molecular weight is 251 g/mol. The van der Waals surface area contributed by atoms with Crippen LogP contribution in [0.3, 0.4) is 0 Å². The second kappa shape index (κ2) is 5.16. The fraction of sp³-hybridized carbons (Fsp3) is 0.571. The van der Waals surface area contributed by atoms with Gasteiger partial charge in [-0.1, -0.05) is 6.07 Å². The minimum Gasteiger partial charge on any atom is -0.497 e. The molecule has 4 nitrogen and oxygen atoms in total. The summed E-state index contributed by atoms with van der Waals surface area (Å²) in [5.41, 5.74) is 2.24. The molecule has 100 valence electrons. The second-order valence-electron chi connectivity index (χ2n) is 5.04. The number of hydrogen-bond donors (Lipinski definition) is 1. The molecule has 0 spiro atoms. The van der Waals surface area contributed by atoms with E-state index < -0.39 is 5.79 Å². The summed E-state index contributed by atoms with van der Waals surface area (Å²) in [6, 6.07) is 6.16. The molecule has 1 aromatic rings. The number of anilines is 1. The number of methoxy groups -OCH3 is 1. The summed E-state index contributed by atoms with van der Waals surface area (Å²) in [5, 5.41) is 3.43. The van der Waals surface area contributed by atoms with Gasteiger partial charge in [0.05, 0.1) is 26.4 Å². The lowest BCUT2D eigenvalue weighted by atomic mass is 10.1. The molecule has 0 aromatic heterocycles. The molecule has 1 aliphatic rings. The van der Waals surface area contributed by atoms with Crippen LogP contribution in [0.25, 0.3) is 0 Å². The van der Waals surface area contributed by atoms with E-state index in [1.807, 2.05) is 32.0 Å². The number of ether oxygens (including phenoxy) is 3. The summed E-state index contributed by atoms with van der Waals surface area (Å²) in [4.78, 5) is 0. The van der Waals surface area contributed by atoms with Crippen LogP contribution in [0.15, 0.2) is 18.2 Å². The van der Waals surface area contributed by atoms with Crippen LogP contribution in [-0.2, 0) is 9.47 Å². The zero-order chi connectivity index (χ0) is 13.2. The van der Waals surface area contributed by atoms with Crippen LogP contribution >= 0.6 is 0 Å². The third-order valence-electron chi connectivity index (χ3n) is 3.07. The first-order valence-electron chi connectivity index (χ1n) is 6.19. The van der Waals surface area contributed by atoms with E-state index in [1.54, 1.807) is 7.11 Å². The Hall–Kier alpha value is -1.26. The first-order chi connectivity index (χ1) is 8.50. The number of hydrogen-bond acceptors (Lipinski definition) is 4. The first kappa shape index (κ1) is 13.2. The average Bonchev–Trinajstić information content (AvgIpc) is 2.34. The summed E-state index contributed by atoms with van der Waals surface area (Å²) in [6.07, 6.45) is 0. The minimum absolute atomic E-state index is 0.170. The predicted octanol–water partition coefficient (Wildman–Crippen LogP) is 2.57. The van der Waals surface area contributed by atoms with Gasteiger partial charge in [-0.05, 0) is 32.4 Å². The van der Waals surface area contributed by atoms with Crippen molar-refractivity contribution >= 4 is 5.69 Å². The van der Waals surface area contributed by atoms with Gasteiger partial charge in [-0.2, -0.15) is 0 Å². The third kappa shape index (κ3) is 3.15. The lowest BCUT2D eigenvalue weighted by Crippen LogP contribution is -2.45. The van der Waals surface area contributed by atoms with Crippen molar-refractivity contribution in [3.63, 3.8) is 0 Å². The smallest absolute Gasteiger partial charge is 0.162 e. The lowest BCUT2D eigenvalue weighted by Gasteiger charge is -2.35. The largest absolute Gasteiger partial charge is 0.497 e. The van der Waals surface area contributed by atoms with Gasteiger partial charge in [0, 0.05) is 11.8 Å². The molecule has 0 bridgehead atoms. The van der Waals surface area contributed by atoms with Gasteiger partial charge in [-0.25, -0.2) is 0 Å². The predicted molar refractivity (Wildman–Crippen MR) is 71.1 cm³/mol. The van der Waals surface area contributed by atoms with Gasteiger partial charge in [0.15, 0.2) is 5.79 Å². The van der Waals surface area contributed by atoms with Crippen molar-refractivity contribution in [2.75, 3.05) is 25.6 Å². The van der Waals surface area contributed by atoms with Crippen LogP contribution in [0, 0.1) is 6.92 Å². The van der Waals surface area contributed by atoms with Crippen molar-refractivity contribution in [2.45, 2.75) is 32.6 Å². The van der Waals surface area contributed by atoms with Gasteiger partial charge >= 0.3 is 0 Å². The van der Waals surface area contributed by atoms with Crippen LogP contribution in [0.4, 0.5) is 5.69 Å². The summed E-state index contributed by atoms with van der Waals surface area (Å²) < 4.78 is 16.5. The Labute approximate surface area is 108 Å². The van der Waals surface area contributed by atoms with Crippen molar-refractivity contribution < 1.29 is 14.2 Å². The molecular formula is C14H21NO3. The van der Waals surface area contributed by atoms with Gasteiger partial charge in [0.1, 0.15) is 5.75 Å². The maximum atomic E-state index is 5.63. The van der Waals surface area contributed by atoms with Crippen molar-refractivity contribution in [2.24, 2.45) is 0 Å². The Kier molecular flexibility index (Phi) is 3.78. The Bertz CT molecular complexity index is 408. The highest BCUT2D eigenvalue weighted by molar-refractivity contribution is 5.55. The maximum absolute atomic E-state index is 5.63. The third-order valence-corrected chi connectivity index (χ3v) is 3.07. The zero-order valence-corrected chi connectivity index (χ0v) is 11.4. The molecule has 1 N–H and O–H groups in total. The quantitative estimate of drug-likeness (QED) is 0.896. The fourth-order valence-electron chi connectivity index (χ4n) is 1.88. The molecule has 18 heavy (non-hydrogen) atoms. The van der Waals surface area contributed by atoms with Crippen LogP contribution in [0.5, 0.6) is 5.75 Å². The monoisotopic (exact) mass is 251 g/mol. The van der Waals surface area contributed by atoms with E-state index in [1.165, 1.54) is 5.56 Å². The Morgan fingerprint density at radius 1 is 1.28 bits per heavy atom. The van der Waals surface area contributed by atoms with E-state index in [9.17, 15) is 0 Å². The molecule has 0 aliphatic carbocycles. The van der Waals surface area contributed by atoms with Crippen molar-refractivity contribution in [1.29, 1.82) is 0 Å². The molecule has 1 aromatic carbocycles. The summed E-state index contributed by atoms with van der Waals surface area (Å²) in [6.45, 7) is 7.21. The first-order valence-corrected chi connectivity index (χ1v) is 6.19. The van der Waals surface area contributed by atoms with Gasteiger partial charge in [0.2, 0.25) is 0 Å². The summed E-state index contributed by atoms with van der Waals surface area (Å²) >= 11 is 0. The van der Waals surface area contributed by atoms with E-state index in [2.05, 4.69) is 12.2 Å². The highest BCUT2D eigenvalue weighted by Gasteiger charge is 2.28. The highest BCUT2D eigenvalue weighted by atomic mass is 16.7. The van der Waals surface area contributed by atoms with E-state index >= 15 is 0 Å². The normalized spacial score (nSPS) is 19.6. The van der Waals surface area contributed by atoms with Crippen LogP contribution in [0.2, 0.25) is 0 Å². The number of rotatable bonds is 3. The highest BCUT2D eigenvalue weighted by Crippen LogP contribution is 2.24. The molecule has 1 saturated heterocycles. The maximum Gasteiger partial charge on any atom is 0.162 e. The molecule has 2 rings (SSSR count). The van der Waals surface area contributed by atoms with Gasteiger partial charge in [0.25, 0.3) is 0 Å². The summed E-state index contributed by atoms with van der Waals surface area (Å²) in [7, 11) is 1.67. The Balaban J connectivity index is 2.01. The van der Waals surface area contributed by atoms with Gasteiger partial charge in [-0.15, -0.1) is 0 Å². The minimum atomic E-state index is -0.471. The van der Waals surface area contributed by atoms with Crippen molar-refractivity contribution in [3.8, 4) is 5.75 Å². The van der Waals surface area contributed by atoms with E-state index in [0.717, 1.165) is 11.4 Å². The number of benzene rings is 1. The second-order valence-corrected chi connectivity index (χ2v) is 5.04. The molecule has 1 aliphatic heterocycles. The SMILES string of the molecule is COc1ccc(C)c(NC2COC(C)(C)OC2)c1. The molecule has 0 saturated carbocycles. The molecule has 0 amide bonds. The number of nitrogens with one attached hydrogen (secondary N) is 1. The van der Waals surface area contributed by atoms with Gasteiger partial charge < -0.3 is 19.5 Å². The van der Waals surface area contributed by atoms with Crippen molar-refractivity contribution in [3.05, 3.63) is 23.8 Å². The molecule has 1 fully saturated rings. The van der Waals surface area contributed by atoms with E-state index in [0.29, 0.717) is 13.2 Å². The molecule has 0 unspecified atom stereocenters. The van der Waals surface area contributed by atoms with Crippen molar-refractivity contribution in [1.82, 2.24) is 0 Å². The zero-order valence-electron chi connectivity index (χ0n) is 11.4. The van der Waals surface area contributed by atoms with Crippen LogP contribution in [-0.4, -0.2) is 32.2 Å². The molecule has 4 heteroatoms. The topological polar surface area (TPSA) is 39.7 Å². The summed E-state index contributed by atoms with van der Waals surface area (Å²) in [5.74, 6) is 0.378. The standard InChI is InChI=1S/C14H21NO3/c1-10-5-6-12(16-4)7-13(10)15-11-8-17-14(2,3)18-9-11/h5-7,11,15H,8-9H2,1-4H3. The molecular weight excluding hydrogens is 230 g/mol. The number of aryl methyl sites for hydroxylation is 1. The molecule has 0 atom stereocenters. The fourth-order valence-corrected chi connectivity index (χ4v) is 1.88. The molecule has 0 radical (unpaired) electrons. The van der Waals surface area contributed by atoms with E-state index in [-0.39, 0.29) is 6.04 Å². The lowest BCUT2D eigenvalue weighted by molar-refractivity contribution is -0.247. The van der Waals surface area contributed by atoms with Gasteiger partial charge in [-0.3, -0.25) is 0 Å².